The number of urea groups is 1. The number of amides is 4. The average molecular weight is 349 g/mol. The van der Waals surface area contributed by atoms with Crippen molar-refractivity contribution in [2.24, 2.45) is 5.92 Å². The second-order valence-corrected chi connectivity index (χ2v) is 7.81. The van der Waals surface area contributed by atoms with Crippen molar-refractivity contribution in [1.82, 2.24) is 14.7 Å². The van der Waals surface area contributed by atoms with E-state index >= 15 is 0 Å². The third-order valence-electron chi connectivity index (χ3n) is 6.36. The third-order valence-corrected chi connectivity index (χ3v) is 6.36. The highest BCUT2D eigenvalue weighted by atomic mass is 16.5. The molecule has 1 saturated carbocycles. The lowest BCUT2D eigenvalue weighted by Crippen LogP contribution is -2.45. The molecule has 4 rings (SSSR count). The van der Waals surface area contributed by atoms with E-state index in [0.29, 0.717) is 32.5 Å². The first-order chi connectivity index (χ1) is 12.1. The van der Waals surface area contributed by atoms with Gasteiger partial charge in [0, 0.05) is 39.1 Å². The molecule has 3 saturated heterocycles. The van der Waals surface area contributed by atoms with E-state index in [1.54, 1.807) is 12.0 Å². The van der Waals surface area contributed by atoms with Gasteiger partial charge in [-0.2, -0.15) is 0 Å². The molecule has 3 heterocycles. The molecule has 0 unspecified atom stereocenters. The summed E-state index contributed by atoms with van der Waals surface area (Å²) in [5, 5.41) is 0. The van der Waals surface area contributed by atoms with E-state index in [1.807, 2.05) is 4.90 Å². The minimum Gasteiger partial charge on any atom is -0.380 e. The second kappa shape index (κ2) is 6.59. The number of nitrogens with zero attached hydrogens (tertiary/aromatic N) is 3. The number of carbonyl (C=O) groups is 3. The summed E-state index contributed by atoms with van der Waals surface area (Å²) in [5.41, 5.74) is 0. The molecular formula is C18H27N3O4. The van der Waals surface area contributed by atoms with E-state index in [-0.39, 0.29) is 42.0 Å². The lowest BCUT2D eigenvalue weighted by atomic mass is 9.88. The van der Waals surface area contributed by atoms with E-state index in [0.717, 1.165) is 25.7 Å². The summed E-state index contributed by atoms with van der Waals surface area (Å²) < 4.78 is 5.30. The number of likely N-dealkylation sites (tertiary alicyclic amines) is 1. The van der Waals surface area contributed by atoms with Gasteiger partial charge in [0.1, 0.15) is 6.04 Å². The Labute approximate surface area is 148 Å². The molecular weight excluding hydrogens is 322 g/mol. The topological polar surface area (TPSA) is 70.2 Å². The van der Waals surface area contributed by atoms with Gasteiger partial charge in [-0.25, -0.2) is 4.79 Å². The van der Waals surface area contributed by atoms with Crippen molar-refractivity contribution in [3.05, 3.63) is 0 Å². The Hall–Kier alpha value is -1.63. The van der Waals surface area contributed by atoms with Gasteiger partial charge >= 0.3 is 6.03 Å². The number of carbonyl (C=O) groups excluding carboxylic acids is 3. The number of fused-ring (bicyclic) bond motifs is 1. The van der Waals surface area contributed by atoms with Gasteiger partial charge in [-0.05, 0) is 19.3 Å². The van der Waals surface area contributed by atoms with Crippen molar-refractivity contribution in [1.29, 1.82) is 0 Å². The molecule has 0 N–H and O–H groups in total. The van der Waals surface area contributed by atoms with E-state index in [4.69, 9.17) is 4.74 Å². The Morgan fingerprint density at radius 1 is 1.08 bits per heavy atom. The Morgan fingerprint density at radius 2 is 1.84 bits per heavy atom. The van der Waals surface area contributed by atoms with Gasteiger partial charge in [0.25, 0.3) is 5.91 Å². The number of hydrogen-bond acceptors (Lipinski definition) is 4. The van der Waals surface area contributed by atoms with Crippen LogP contribution in [0.3, 0.4) is 0 Å². The van der Waals surface area contributed by atoms with Crippen LogP contribution in [0.15, 0.2) is 0 Å². The minimum absolute atomic E-state index is 0.0481. The molecule has 3 aliphatic heterocycles. The predicted molar refractivity (Wildman–Crippen MR) is 89.7 cm³/mol. The van der Waals surface area contributed by atoms with Crippen LogP contribution in [-0.4, -0.2) is 77.5 Å². The summed E-state index contributed by atoms with van der Waals surface area (Å²) in [6, 6.07) is -0.744. The van der Waals surface area contributed by atoms with Gasteiger partial charge in [-0.15, -0.1) is 0 Å². The largest absolute Gasteiger partial charge is 0.380 e. The highest BCUT2D eigenvalue weighted by Crippen LogP contribution is 2.33. The van der Waals surface area contributed by atoms with Crippen molar-refractivity contribution < 1.29 is 19.1 Å². The summed E-state index contributed by atoms with van der Waals surface area (Å²) in [4.78, 5) is 43.1. The van der Waals surface area contributed by atoms with Crippen molar-refractivity contribution in [2.75, 3.05) is 26.7 Å². The van der Waals surface area contributed by atoms with Crippen LogP contribution in [0.1, 0.15) is 44.9 Å². The molecule has 3 atom stereocenters. The fourth-order valence-corrected chi connectivity index (χ4v) is 4.90. The first-order valence-corrected chi connectivity index (χ1v) is 9.55. The van der Waals surface area contributed by atoms with Gasteiger partial charge < -0.3 is 14.5 Å². The smallest absolute Gasteiger partial charge is 0.327 e. The quantitative estimate of drug-likeness (QED) is 0.719. The van der Waals surface area contributed by atoms with Gasteiger partial charge in [0.2, 0.25) is 5.91 Å². The van der Waals surface area contributed by atoms with E-state index in [9.17, 15) is 14.4 Å². The van der Waals surface area contributed by atoms with Crippen molar-refractivity contribution in [3.8, 4) is 0 Å². The Kier molecular flexibility index (Phi) is 4.43. The average Bonchev–Trinajstić information content (AvgIpc) is 3.33. The molecule has 7 nitrogen and oxygen atoms in total. The zero-order chi connectivity index (χ0) is 17.6. The Balaban J connectivity index is 1.40. The number of imide groups is 1. The van der Waals surface area contributed by atoms with E-state index in [1.165, 1.54) is 11.3 Å². The number of hydrogen-bond donors (Lipinski definition) is 0. The molecule has 4 amide bonds. The van der Waals surface area contributed by atoms with Gasteiger partial charge in [0.15, 0.2) is 0 Å². The number of rotatable bonds is 3. The number of methoxy groups -OCH3 is 1. The maximum atomic E-state index is 12.7. The summed E-state index contributed by atoms with van der Waals surface area (Å²) in [6.07, 6.45) is 6.68. The molecule has 7 heteroatoms. The molecule has 4 aliphatic rings. The molecule has 0 aromatic heterocycles. The molecule has 0 bridgehead atoms. The van der Waals surface area contributed by atoms with Crippen molar-refractivity contribution in [2.45, 2.75) is 63.1 Å². The molecule has 25 heavy (non-hydrogen) atoms. The second-order valence-electron chi connectivity index (χ2n) is 7.81. The lowest BCUT2D eigenvalue weighted by molar-refractivity contribution is -0.136. The predicted octanol–water partition coefficient (Wildman–Crippen LogP) is 1.22. The zero-order valence-corrected chi connectivity index (χ0v) is 14.9. The molecule has 138 valence electrons. The van der Waals surface area contributed by atoms with E-state index < -0.39 is 0 Å². The lowest BCUT2D eigenvalue weighted by Gasteiger charge is -2.27. The molecule has 0 aromatic rings. The van der Waals surface area contributed by atoms with Crippen LogP contribution in [0.25, 0.3) is 0 Å². The van der Waals surface area contributed by atoms with Crippen LogP contribution in [-0.2, 0) is 14.3 Å². The summed E-state index contributed by atoms with van der Waals surface area (Å²) in [6.45, 7) is 1.64. The minimum atomic E-state index is -0.374. The zero-order valence-electron chi connectivity index (χ0n) is 14.9. The summed E-state index contributed by atoms with van der Waals surface area (Å²) in [7, 11) is 1.62. The summed E-state index contributed by atoms with van der Waals surface area (Å²) in [5.74, 6) is 0.255. The Morgan fingerprint density at radius 3 is 2.52 bits per heavy atom. The Bertz CT molecular complexity index is 551. The highest BCUT2D eigenvalue weighted by Gasteiger charge is 2.53. The maximum absolute atomic E-state index is 12.7. The van der Waals surface area contributed by atoms with Crippen LogP contribution < -0.4 is 0 Å². The maximum Gasteiger partial charge on any atom is 0.327 e. The molecule has 1 aliphatic carbocycles. The van der Waals surface area contributed by atoms with Crippen LogP contribution in [0.5, 0.6) is 0 Å². The van der Waals surface area contributed by atoms with Crippen LogP contribution in [0.4, 0.5) is 4.79 Å². The molecule has 0 radical (unpaired) electrons. The van der Waals surface area contributed by atoms with Crippen LogP contribution in [0, 0.1) is 5.92 Å². The first-order valence-electron chi connectivity index (χ1n) is 9.55. The number of ether oxygens (including phenoxy) is 1. The van der Waals surface area contributed by atoms with E-state index in [2.05, 4.69) is 0 Å². The monoisotopic (exact) mass is 349 g/mol. The summed E-state index contributed by atoms with van der Waals surface area (Å²) >= 11 is 0. The molecule has 0 spiro atoms. The fourth-order valence-electron chi connectivity index (χ4n) is 4.90. The van der Waals surface area contributed by atoms with Crippen molar-refractivity contribution >= 4 is 17.8 Å². The third kappa shape index (κ3) is 2.82. The van der Waals surface area contributed by atoms with Crippen LogP contribution in [0.2, 0.25) is 0 Å². The normalized spacial score (nSPS) is 33.5. The molecule has 4 fully saturated rings. The van der Waals surface area contributed by atoms with Crippen LogP contribution >= 0.6 is 0 Å². The highest BCUT2D eigenvalue weighted by molar-refractivity contribution is 6.05. The van der Waals surface area contributed by atoms with Gasteiger partial charge in [-0.3, -0.25) is 14.5 Å². The standard InChI is InChI=1S/C18H27N3O4/c1-25-14-9-15-17(23)21(18(24)20(15)11-14)13-7-8-19(10-13)16(22)12-5-3-2-4-6-12/h12-15H,2-11H2,1H3/t13-,14+,15+/m0/s1. The molecule has 0 aromatic carbocycles. The van der Waals surface area contributed by atoms with Gasteiger partial charge in [-0.1, -0.05) is 19.3 Å². The SMILES string of the molecule is CO[C@@H]1C[C@@H]2C(=O)N([C@H]3CCN(C(=O)C4CCCCC4)C3)C(=O)N2C1. The van der Waals surface area contributed by atoms with Gasteiger partial charge in [0.05, 0.1) is 12.1 Å². The van der Waals surface area contributed by atoms with Crippen molar-refractivity contribution in [3.63, 3.8) is 0 Å². The fraction of sp³-hybridized carbons (Fsp3) is 0.833. The first kappa shape index (κ1) is 16.8.